The minimum Gasteiger partial charge on any atom is -0.412 e. The van der Waals surface area contributed by atoms with Crippen LogP contribution in [0.5, 0.6) is 0 Å². The molecule has 0 aliphatic heterocycles. The fourth-order valence-electron chi connectivity index (χ4n) is 0.962. The number of hydrogen-bond donors (Lipinski definition) is 0. The second kappa shape index (κ2) is 26.2. The summed E-state index contributed by atoms with van der Waals surface area (Å²) < 4.78 is 0. The molecule has 24 heavy (non-hydrogen) atoms. The van der Waals surface area contributed by atoms with Crippen molar-refractivity contribution in [2.45, 2.75) is 74.1 Å². The molecule has 0 unspecified atom stereocenters. The first-order valence-corrected chi connectivity index (χ1v) is 7.95. The van der Waals surface area contributed by atoms with Crippen molar-refractivity contribution in [1.82, 2.24) is 0 Å². The molecule has 0 aromatic rings. The zero-order valence-electron chi connectivity index (χ0n) is 17.1. The zero-order chi connectivity index (χ0) is 19.4. The van der Waals surface area contributed by atoms with Crippen LogP contribution in [0.25, 0.3) is 0 Å². The van der Waals surface area contributed by atoms with Gasteiger partial charge in [-0.1, -0.05) is 36.1 Å². The Balaban J connectivity index is -0.0000000709. The summed E-state index contributed by atoms with van der Waals surface area (Å²) in [5.74, 6) is 0.826. The summed E-state index contributed by atoms with van der Waals surface area (Å²) in [6.45, 7) is 29.6. The van der Waals surface area contributed by atoms with Gasteiger partial charge in [0, 0.05) is 0 Å². The van der Waals surface area contributed by atoms with Crippen molar-refractivity contribution in [3.8, 4) is 0 Å². The van der Waals surface area contributed by atoms with Crippen molar-refractivity contribution in [3.63, 3.8) is 0 Å². The van der Waals surface area contributed by atoms with E-state index in [0.29, 0.717) is 0 Å². The smallest absolute Gasteiger partial charge is 0.373 e. The van der Waals surface area contributed by atoms with Crippen LogP contribution in [0.3, 0.4) is 0 Å². The van der Waals surface area contributed by atoms with E-state index in [4.69, 9.17) is 9.59 Å². The third-order valence-electron chi connectivity index (χ3n) is 2.13. The Morgan fingerprint density at radius 3 is 1.04 bits per heavy atom. The second-order valence-corrected chi connectivity index (χ2v) is 6.59. The molecule has 0 bridgehead atoms. The lowest BCUT2D eigenvalue weighted by Crippen LogP contribution is -1.85. The fourth-order valence-corrected chi connectivity index (χ4v) is 0.962. The first kappa shape index (κ1) is 33.8. The van der Waals surface area contributed by atoms with Gasteiger partial charge in [0.05, 0.1) is 0 Å². The van der Waals surface area contributed by atoms with Gasteiger partial charge in [-0.15, -0.1) is 26.3 Å². The summed E-state index contributed by atoms with van der Waals surface area (Å²) in [6.07, 6.45) is 4.91. The average Bonchev–Trinajstić information content (AvgIpc) is 2.35. The van der Waals surface area contributed by atoms with E-state index >= 15 is 0 Å². The van der Waals surface area contributed by atoms with Crippen molar-refractivity contribution < 1.29 is 15.1 Å². The van der Waals surface area contributed by atoms with E-state index in [9.17, 15) is 0 Å². The number of hydrogen-bond acceptors (Lipinski definition) is 2. The van der Waals surface area contributed by atoms with Gasteiger partial charge in [-0.05, 0) is 66.2 Å². The van der Waals surface area contributed by atoms with E-state index < -0.39 is 0 Å². The average molecular weight is 341 g/mol. The summed E-state index contributed by atoms with van der Waals surface area (Å²) in [7, 11) is 0. The molecule has 0 radical (unpaired) electrons. The van der Waals surface area contributed by atoms with E-state index in [1.807, 2.05) is 27.7 Å². The van der Waals surface area contributed by atoms with Gasteiger partial charge in [0.1, 0.15) is 0 Å². The van der Waals surface area contributed by atoms with Crippen molar-refractivity contribution in [2.24, 2.45) is 5.92 Å². The normalized spacial score (nSPS) is 7.67. The molecule has 2 N–H and O–H groups in total. The third-order valence-corrected chi connectivity index (χ3v) is 2.13. The highest BCUT2D eigenvalue weighted by atomic mass is 16.2. The van der Waals surface area contributed by atoms with Crippen LogP contribution in [0.2, 0.25) is 0 Å². The molecule has 0 fully saturated rings. The third kappa shape index (κ3) is 110. The van der Waals surface area contributed by atoms with Gasteiger partial charge in [0.15, 0.2) is 0 Å². The molecule has 0 rings (SSSR count). The predicted molar refractivity (Wildman–Crippen MR) is 107 cm³/mol. The molecule has 142 valence electrons. The summed E-state index contributed by atoms with van der Waals surface area (Å²) in [5.41, 5.74) is 4.96. The SMILES string of the molecule is C=C(C)C.C=C(C)CCC(=C)C.C=C(C)CCC(C)C.O.O=C=O. The lowest BCUT2D eigenvalue weighted by molar-refractivity contribution is -0.191. The van der Waals surface area contributed by atoms with Crippen molar-refractivity contribution in [1.29, 1.82) is 0 Å². The first-order valence-electron chi connectivity index (χ1n) is 7.95. The number of rotatable bonds is 6. The lowest BCUT2D eigenvalue weighted by atomic mass is 10.1. The van der Waals surface area contributed by atoms with E-state index in [1.165, 1.54) is 35.1 Å². The fraction of sp³-hybridized carbons (Fsp3) is 0.571. The summed E-state index contributed by atoms with van der Waals surface area (Å²) >= 11 is 0. The first-order chi connectivity index (χ1) is 10.4. The Labute approximate surface area is 150 Å². The molecule has 0 amide bonds. The van der Waals surface area contributed by atoms with E-state index in [-0.39, 0.29) is 11.6 Å². The maximum absolute atomic E-state index is 8.12. The van der Waals surface area contributed by atoms with E-state index in [2.05, 4.69) is 47.1 Å². The van der Waals surface area contributed by atoms with Crippen LogP contribution in [0, 0.1) is 5.92 Å². The highest BCUT2D eigenvalue weighted by molar-refractivity contribution is 5.20. The van der Waals surface area contributed by atoms with Gasteiger partial charge in [-0.25, -0.2) is 0 Å². The Kier molecular flexibility index (Phi) is 36.9. The summed E-state index contributed by atoms with van der Waals surface area (Å²) in [5, 5.41) is 0. The molecule has 0 aromatic heterocycles. The standard InChI is InChI=1S/C8H16.C8H14.C4H8.CO2.H2O/c2*1-7(2)5-6-8(3)4;1-4(2)3;2-1-3;/h8H,1,5-6H2,2-4H3;1,3,5-6H2,2,4H3;1H2,2-3H3;;1H2. The zero-order valence-corrected chi connectivity index (χ0v) is 17.1. The van der Waals surface area contributed by atoms with Gasteiger partial charge in [-0.2, -0.15) is 9.59 Å². The molecule has 3 nitrogen and oxygen atoms in total. The molecule has 0 aliphatic rings. The second-order valence-electron chi connectivity index (χ2n) is 6.59. The highest BCUT2D eigenvalue weighted by Crippen LogP contribution is 2.08. The van der Waals surface area contributed by atoms with Crippen LogP contribution in [-0.4, -0.2) is 11.6 Å². The molecule has 0 spiro atoms. The lowest BCUT2D eigenvalue weighted by Gasteiger charge is -2.01. The molecule has 0 atom stereocenters. The Bertz CT molecular complexity index is 353. The molecule has 0 saturated carbocycles. The topological polar surface area (TPSA) is 65.6 Å². The maximum Gasteiger partial charge on any atom is 0.373 e. The molecule has 0 saturated heterocycles. The van der Waals surface area contributed by atoms with Crippen molar-refractivity contribution >= 4 is 6.15 Å². The van der Waals surface area contributed by atoms with Crippen molar-refractivity contribution in [2.75, 3.05) is 0 Å². The van der Waals surface area contributed by atoms with Gasteiger partial charge in [0.2, 0.25) is 0 Å². The molecule has 0 heterocycles. The molecule has 0 aliphatic carbocycles. The van der Waals surface area contributed by atoms with Gasteiger partial charge in [-0.3, -0.25) is 0 Å². The van der Waals surface area contributed by atoms with Gasteiger partial charge >= 0.3 is 6.15 Å². The highest BCUT2D eigenvalue weighted by Gasteiger charge is 1.91. The molecule has 0 aromatic carbocycles. The van der Waals surface area contributed by atoms with Crippen molar-refractivity contribution in [3.05, 3.63) is 48.6 Å². The van der Waals surface area contributed by atoms with Crippen LogP contribution in [-0.2, 0) is 9.59 Å². The minimum atomic E-state index is 0. The summed E-state index contributed by atoms with van der Waals surface area (Å²) in [6, 6.07) is 0. The monoisotopic (exact) mass is 340 g/mol. The minimum absolute atomic E-state index is 0. The van der Waals surface area contributed by atoms with E-state index in [1.54, 1.807) is 0 Å². The number of allylic oxidation sites excluding steroid dienone is 4. The van der Waals surface area contributed by atoms with Crippen LogP contribution >= 0.6 is 0 Å². The Morgan fingerprint density at radius 1 is 0.750 bits per heavy atom. The Morgan fingerprint density at radius 2 is 0.958 bits per heavy atom. The van der Waals surface area contributed by atoms with E-state index in [0.717, 1.165) is 18.8 Å². The van der Waals surface area contributed by atoms with Gasteiger partial charge < -0.3 is 5.48 Å². The summed E-state index contributed by atoms with van der Waals surface area (Å²) in [4.78, 5) is 16.2. The van der Waals surface area contributed by atoms with Crippen LogP contribution in [0.15, 0.2) is 48.6 Å². The number of carbonyl (C=O) groups excluding carboxylic acids is 2. The predicted octanol–water partition coefficient (Wildman–Crippen LogP) is 6.09. The van der Waals surface area contributed by atoms with Crippen LogP contribution < -0.4 is 0 Å². The van der Waals surface area contributed by atoms with Gasteiger partial charge in [0.25, 0.3) is 0 Å². The molecular weight excluding hydrogens is 300 g/mol. The quantitative estimate of drug-likeness (QED) is 0.549. The van der Waals surface area contributed by atoms with Crippen LogP contribution in [0.1, 0.15) is 74.1 Å². The maximum atomic E-state index is 8.12. The molecular formula is C21H40O3. The van der Waals surface area contributed by atoms with Crippen LogP contribution in [0.4, 0.5) is 0 Å². The largest absolute Gasteiger partial charge is 0.412 e. The molecule has 3 heteroatoms. The Hall–Kier alpha value is -1.70.